The summed E-state index contributed by atoms with van der Waals surface area (Å²) in [6.45, 7) is 4.11. The van der Waals surface area contributed by atoms with Gasteiger partial charge in [-0.2, -0.15) is 0 Å². The lowest BCUT2D eigenvalue weighted by Gasteiger charge is -2.38. The second kappa shape index (κ2) is 11.4. The number of likely N-dealkylation sites (tertiary alicyclic amines) is 2. The molecule has 2 fully saturated rings. The third kappa shape index (κ3) is 6.45. The number of likely N-dealkylation sites (N-methyl/N-ethyl adjacent to an activating group) is 1. The lowest BCUT2D eigenvalue weighted by molar-refractivity contribution is -0.138. The fraction of sp³-hybridized carbons (Fsp3) is 0.481. The van der Waals surface area contributed by atoms with Gasteiger partial charge in [0.1, 0.15) is 5.82 Å². The number of allylic oxidation sites excluding steroid dienone is 1. The van der Waals surface area contributed by atoms with E-state index in [0.29, 0.717) is 5.82 Å². The van der Waals surface area contributed by atoms with E-state index in [9.17, 15) is 9.59 Å². The Balaban J connectivity index is 1.31. The van der Waals surface area contributed by atoms with Crippen LogP contribution in [-0.4, -0.2) is 76.8 Å². The van der Waals surface area contributed by atoms with Crippen molar-refractivity contribution in [3.8, 4) is 0 Å². The van der Waals surface area contributed by atoms with Gasteiger partial charge in [0.2, 0.25) is 11.8 Å². The van der Waals surface area contributed by atoms with Crippen LogP contribution in [0.15, 0.2) is 48.8 Å². The largest absolute Gasteiger partial charge is 0.384 e. The number of piperidine rings is 2. The molecule has 0 radical (unpaired) electrons. The number of amides is 2. The minimum absolute atomic E-state index is 0.0367. The second-order valence-electron chi connectivity index (χ2n) is 9.79. The summed E-state index contributed by atoms with van der Waals surface area (Å²) in [4.78, 5) is 40.3. The molecule has 2 N–H and O–H groups in total. The SMILES string of the molecule is CN(C)C(=O)/C=C(/c1ccccn1)C1CCN(C(=O)C2CCN(Cc3ccnc(N)c3)CC2)CC1. The maximum Gasteiger partial charge on any atom is 0.246 e. The number of pyridine rings is 2. The van der Waals surface area contributed by atoms with Gasteiger partial charge in [-0.25, -0.2) is 4.98 Å². The molecule has 0 atom stereocenters. The molecule has 35 heavy (non-hydrogen) atoms. The van der Waals surface area contributed by atoms with Crippen molar-refractivity contribution >= 4 is 23.2 Å². The van der Waals surface area contributed by atoms with Crippen LogP contribution in [0.3, 0.4) is 0 Å². The monoisotopic (exact) mass is 476 g/mol. The Morgan fingerprint density at radius 1 is 1.00 bits per heavy atom. The Morgan fingerprint density at radius 3 is 2.34 bits per heavy atom. The average molecular weight is 477 g/mol. The molecule has 0 aliphatic carbocycles. The number of rotatable bonds is 6. The molecule has 2 aromatic rings. The quantitative estimate of drug-likeness (QED) is 0.644. The van der Waals surface area contributed by atoms with Gasteiger partial charge in [-0.1, -0.05) is 6.07 Å². The van der Waals surface area contributed by atoms with Crippen molar-refractivity contribution in [3.05, 3.63) is 60.1 Å². The van der Waals surface area contributed by atoms with E-state index >= 15 is 0 Å². The smallest absolute Gasteiger partial charge is 0.246 e. The average Bonchev–Trinajstić information content (AvgIpc) is 2.88. The van der Waals surface area contributed by atoms with Crippen LogP contribution in [-0.2, 0) is 16.1 Å². The van der Waals surface area contributed by atoms with Gasteiger partial charge in [0.05, 0.1) is 5.69 Å². The maximum atomic E-state index is 13.3. The van der Waals surface area contributed by atoms with E-state index in [-0.39, 0.29) is 23.7 Å². The predicted octanol–water partition coefficient (Wildman–Crippen LogP) is 2.68. The molecular formula is C27H36N6O2. The molecule has 4 rings (SSSR count). The van der Waals surface area contributed by atoms with Crippen molar-refractivity contribution in [2.24, 2.45) is 11.8 Å². The lowest BCUT2D eigenvalue weighted by Crippen LogP contribution is -2.45. The molecule has 0 spiro atoms. The Bertz CT molecular complexity index is 1040. The summed E-state index contributed by atoms with van der Waals surface area (Å²) < 4.78 is 0. The van der Waals surface area contributed by atoms with Crippen LogP contribution in [0.4, 0.5) is 5.82 Å². The maximum absolute atomic E-state index is 13.3. The lowest BCUT2D eigenvalue weighted by atomic mass is 9.85. The highest BCUT2D eigenvalue weighted by atomic mass is 16.2. The third-order valence-corrected chi connectivity index (χ3v) is 7.12. The Morgan fingerprint density at radius 2 is 1.71 bits per heavy atom. The van der Waals surface area contributed by atoms with Crippen molar-refractivity contribution in [2.75, 3.05) is 46.0 Å². The van der Waals surface area contributed by atoms with Crippen molar-refractivity contribution < 1.29 is 9.59 Å². The Labute approximate surface area is 207 Å². The van der Waals surface area contributed by atoms with E-state index in [0.717, 1.165) is 75.2 Å². The summed E-state index contributed by atoms with van der Waals surface area (Å²) in [5.74, 6) is 1.09. The first-order valence-electron chi connectivity index (χ1n) is 12.5. The summed E-state index contributed by atoms with van der Waals surface area (Å²) in [5.41, 5.74) is 8.78. The van der Waals surface area contributed by atoms with Gasteiger partial charge in [0.25, 0.3) is 0 Å². The Kier molecular flexibility index (Phi) is 8.13. The van der Waals surface area contributed by atoms with Gasteiger partial charge in [-0.15, -0.1) is 0 Å². The van der Waals surface area contributed by atoms with Crippen LogP contribution < -0.4 is 5.73 Å². The van der Waals surface area contributed by atoms with Gasteiger partial charge >= 0.3 is 0 Å². The van der Waals surface area contributed by atoms with Gasteiger partial charge < -0.3 is 15.5 Å². The fourth-order valence-electron chi connectivity index (χ4n) is 5.05. The standard InChI is InChI=1S/C27H36N6O2/c1-31(2)26(34)18-23(24-5-3-4-11-29-24)21-9-15-33(16-10-21)27(35)22-7-13-32(14-8-22)19-20-6-12-30-25(28)17-20/h3-6,11-12,17-18,21-22H,7-10,13-16,19H2,1-2H3,(H2,28,30)/b23-18+. The predicted molar refractivity (Wildman–Crippen MR) is 137 cm³/mol. The highest BCUT2D eigenvalue weighted by molar-refractivity contribution is 5.95. The normalized spacial score (nSPS) is 18.5. The van der Waals surface area contributed by atoms with Crippen molar-refractivity contribution in [1.82, 2.24) is 24.7 Å². The van der Waals surface area contributed by atoms with Crippen molar-refractivity contribution in [2.45, 2.75) is 32.2 Å². The van der Waals surface area contributed by atoms with Crippen LogP contribution in [0.1, 0.15) is 36.9 Å². The minimum atomic E-state index is -0.0367. The molecule has 2 aliphatic heterocycles. The van der Waals surface area contributed by atoms with Crippen molar-refractivity contribution in [1.29, 1.82) is 0 Å². The molecule has 0 unspecified atom stereocenters. The van der Waals surface area contributed by atoms with Gasteiger partial charge in [0.15, 0.2) is 0 Å². The number of carbonyl (C=O) groups is 2. The van der Waals surface area contributed by atoms with E-state index in [4.69, 9.17) is 5.73 Å². The number of nitrogens with two attached hydrogens (primary N) is 1. The number of nitrogen functional groups attached to an aromatic ring is 1. The first kappa shape index (κ1) is 24.9. The molecular weight excluding hydrogens is 440 g/mol. The molecule has 2 aromatic heterocycles. The molecule has 0 bridgehead atoms. The zero-order chi connectivity index (χ0) is 24.8. The summed E-state index contributed by atoms with van der Waals surface area (Å²) in [6.07, 6.45) is 8.68. The van der Waals surface area contributed by atoms with E-state index < -0.39 is 0 Å². The number of hydrogen-bond donors (Lipinski definition) is 1. The number of anilines is 1. The summed E-state index contributed by atoms with van der Waals surface area (Å²) in [6, 6.07) is 9.71. The van der Waals surface area contributed by atoms with Crippen LogP contribution in [0.2, 0.25) is 0 Å². The summed E-state index contributed by atoms with van der Waals surface area (Å²) in [5, 5.41) is 0. The first-order chi connectivity index (χ1) is 16.9. The number of aromatic nitrogens is 2. The van der Waals surface area contributed by atoms with E-state index in [1.54, 1.807) is 37.5 Å². The fourth-order valence-corrected chi connectivity index (χ4v) is 5.05. The van der Waals surface area contributed by atoms with E-state index in [2.05, 4.69) is 14.9 Å². The van der Waals surface area contributed by atoms with Crippen LogP contribution in [0.5, 0.6) is 0 Å². The molecule has 2 aliphatic rings. The second-order valence-corrected chi connectivity index (χ2v) is 9.79. The topological polar surface area (TPSA) is 95.7 Å². The molecule has 2 saturated heterocycles. The molecule has 2 amide bonds. The highest BCUT2D eigenvalue weighted by Gasteiger charge is 2.32. The number of carbonyl (C=O) groups excluding carboxylic acids is 2. The Hall–Kier alpha value is -3.26. The van der Waals surface area contributed by atoms with Crippen LogP contribution in [0, 0.1) is 11.8 Å². The molecule has 8 heteroatoms. The molecule has 0 aromatic carbocycles. The van der Waals surface area contributed by atoms with Gasteiger partial charge in [0, 0.05) is 58.1 Å². The zero-order valence-electron chi connectivity index (χ0n) is 20.8. The highest BCUT2D eigenvalue weighted by Crippen LogP contribution is 2.32. The number of nitrogens with zero attached hydrogens (tertiary/aromatic N) is 5. The zero-order valence-corrected chi connectivity index (χ0v) is 20.8. The van der Waals surface area contributed by atoms with E-state index in [1.807, 2.05) is 35.2 Å². The van der Waals surface area contributed by atoms with Gasteiger partial charge in [-0.05, 0) is 80.1 Å². The molecule has 4 heterocycles. The van der Waals surface area contributed by atoms with Crippen LogP contribution >= 0.6 is 0 Å². The molecule has 186 valence electrons. The summed E-state index contributed by atoms with van der Waals surface area (Å²) in [7, 11) is 3.52. The summed E-state index contributed by atoms with van der Waals surface area (Å²) >= 11 is 0. The van der Waals surface area contributed by atoms with E-state index in [1.165, 1.54) is 0 Å². The van der Waals surface area contributed by atoms with Gasteiger partial charge in [-0.3, -0.25) is 19.5 Å². The van der Waals surface area contributed by atoms with Crippen molar-refractivity contribution in [3.63, 3.8) is 0 Å². The third-order valence-electron chi connectivity index (χ3n) is 7.12. The number of hydrogen-bond acceptors (Lipinski definition) is 6. The first-order valence-corrected chi connectivity index (χ1v) is 12.5. The molecule has 8 nitrogen and oxygen atoms in total. The van der Waals surface area contributed by atoms with Crippen LogP contribution in [0.25, 0.3) is 5.57 Å². The molecule has 0 saturated carbocycles. The minimum Gasteiger partial charge on any atom is -0.384 e.